The molecule has 2 aromatic rings. The SMILES string of the molecule is O=c1oc(-c2ncc(F)cc2Br)ns1. The van der Waals surface area contributed by atoms with E-state index in [-0.39, 0.29) is 5.89 Å². The van der Waals surface area contributed by atoms with Crippen molar-refractivity contribution in [1.29, 1.82) is 0 Å². The molecular weight excluding hydrogens is 275 g/mol. The fourth-order valence-electron chi connectivity index (χ4n) is 0.858. The Labute approximate surface area is 89.7 Å². The first-order chi connectivity index (χ1) is 6.66. The van der Waals surface area contributed by atoms with Crippen LogP contribution in [0.2, 0.25) is 0 Å². The molecule has 0 unspecified atom stereocenters. The highest BCUT2D eigenvalue weighted by atomic mass is 79.9. The average Bonchev–Trinajstić information content (AvgIpc) is 2.51. The van der Waals surface area contributed by atoms with Crippen molar-refractivity contribution in [2.75, 3.05) is 0 Å². The second-order valence-corrected chi connectivity index (χ2v) is 3.88. The van der Waals surface area contributed by atoms with Crippen molar-refractivity contribution in [2.45, 2.75) is 0 Å². The molecule has 14 heavy (non-hydrogen) atoms. The van der Waals surface area contributed by atoms with E-state index in [4.69, 9.17) is 4.42 Å². The van der Waals surface area contributed by atoms with Crippen LogP contribution in [0.4, 0.5) is 4.39 Å². The molecule has 0 aromatic carbocycles. The first-order valence-electron chi connectivity index (χ1n) is 3.45. The minimum atomic E-state index is -0.516. The topological polar surface area (TPSA) is 56.0 Å². The maximum Gasteiger partial charge on any atom is 0.414 e. The van der Waals surface area contributed by atoms with Crippen LogP contribution >= 0.6 is 27.5 Å². The second-order valence-electron chi connectivity index (χ2n) is 2.32. The fourth-order valence-corrected chi connectivity index (χ4v) is 1.75. The molecule has 0 spiro atoms. The molecule has 0 amide bonds. The van der Waals surface area contributed by atoms with E-state index in [9.17, 15) is 9.18 Å². The van der Waals surface area contributed by atoms with Gasteiger partial charge in [0, 0.05) is 0 Å². The smallest absolute Gasteiger partial charge is 0.392 e. The lowest BCUT2D eigenvalue weighted by Gasteiger charge is -1.96. The lowest BCUT2D eigenvalue weighted by atomic mass is 10.3. The van der Waals surface area contributed by atoms with Gasteiger partial charge < -0.3 is 4.42 Å². The fraction of sp³-hybridized carbons (Fsp3) is 0. The highest BCUT2D eigenvalue weighted by Crippen LogP contribution is 2.24. The van der Waals surface area contributed by atoms with Crippen LogP contribution in [-0.2, 0) is 0 Å². The summed E-state index contributed by atoms with van der Waals surface area (Å²) in [6.45, 7) is 0. The van der Waals surface area contributed by atoms with Gasteiger partial charge in [-0.05, 0) is 22.0 Å². The Hall–Kier alpha value is -1.08. The van der Waals surface area contributed by atoms with Gasteiger partial charge in [-0.2, -0.15) is 0 Å². The average molecular weight is 277 g/mol. The van der Waals surface area contributed by atoms with Gasteiger partial charge in [0.25, 0.3) is 5.89 Å². The van der Waals surface area contributed by atoms with Gasteiger partial charge in [0.15, 0.2) is 0 Å². The number of pyridine rings is 1. The standard InChI is InChI=1S/C7H2BrFN2O2S/c8-4-1-3(9)2-10-5(4)6-11-14-7(12)13-6/h1-2H. The van der Waals surface area contributed by atoms with Crippen molar-refractivity contribution >= 4 is 27.5 Å². The predicted octanol–water partition coefficient (Wildman–Crippen LogP) is 2.06. The Kier molecular flexibility index (Phi) is 2.42. The lowest BCUT2D eigenvalue weighted by Crippen LogP contribution is -1.88. The predicted molar refractivity (Wildman–Crippen MR) is 51.5 cm³/mol. The number of hydrogen-bond acceptors (Lipinski definition) is 5. The van der Waals surface area contributed by atoms with E-state index in [1.54, 1.807) is 0 Å². The summed E-state index contributed by atoms with van der Waals surface area (Å²) in [6.07, 6.45) is 1.03. The molecule has 72 valence electrons. The maximum atomic E-state index is 12.7. The molecular formula is C7H2BrFN2O2S. The third kappa shape index (κ3) is 1.73. The number of nitrogens with zero attached hydrogens (tertiary/aromatic N) is 2. The third-order valence-corrected chi connectivity index (χ3v) is 2.49. The molecule has 0 aliphatic heterocycles. The molecule has 2 aromatic heterocycles. The van der Waals surface area contributed by atoms with Crippen molar-refractivity contribution in [2.24, 2.45) is 0 Å². The Morgan fingerprint density at radius 3 is 2.93 bits per heavy atom. The van der Waals surface area contributed by atoms with Crippen molar-refractivity contribution in [3.63, 3.8) is 0 Å². The van der Waals surface area contributed by atoms with Crippen LogP contribution in [0.25, 0.3) is 11.6 Å². The molecule has 0 aliphatic carbocycles. The summed E-state index contributed by atoms with van der Waals surface area (Å²) < 4.78 is 21.5. The maximum absolute atomic E-state index is 12.7. The molecule has 0 N–H and O–H groups in total. The van der Waals surface area contributed by atoms with Crippen LogP contribution in [0.5, 0.6) is 0 Å². The zero-order chi connectivity index (χ0) is 10.1. The van der Waals surface area contributed by atoms with E-state index in [0.717, 1.165) is 6.20 Å². The van der Waals surface area contributed by atoms with Gasteiger partial charge in [0.2, 0.25) is 0 Å². The molecule has 0 saturated carbocycles. The molecule has 0 radical (unpaired) electrons. The van der Waals surface area contributed by atoms with E-state index in [1.165, 1.54) is 6.07 Å². The normalized spacial score (nSPS) is 10.4. The van der Waals surface area contributed by atoms with Crippen molar-refractivity contribution in [3.05, 3.63) is 32.3 Å². The second kappa shape index (κ2) is 3.58. The molecule has 0 fully saturated rings. The van der Waals surface area contributed by atoms with Crippen molar-refractivity contribution in [3.8, 4) is 11.6 Å². The molecule has 0 aliphatic rings. The quantitative estimate of drug-likeness (QED) is 0.800. The molecule has 0 bridgehead atoms. The van der Waals surface area contributed by atoms with Gasteiger partial charge in [-0.15, -0.1) is 4.37 Å². The summed E-state index contributed by atoms with van der Waals surface area (Å²) in [4.78, 5) is 13.9. The van der Waals surface area contributed by atoms with Crippen molar-refractivity contribution in [1.82, 2.24) is 9.36 Å². The zero-order valence-electron chi connectivity index (χ0n) is 6.53. The van der Waals surface area contributed by atoms with Gasteiger partial charge in [0.05, 0.1) is 22.2 Å². The minimum absolute atomic E-state index is 0.0897. The first kappa shape index (κ1) is 9.47. The monoisotopic (exact) mass is 276 g/mol. The van der Waals surface area contributed by atoms with Crippen LogP contribution in [0.15, 0.2) is 25.9 Å². The summed E-state index contributed by atoms with van der Waals surface area (Å²) in [7, 11) is 0. The zero-order valence-corrected chi connectivity index (χ0v) is 8.93. The molecule has 0 atom stereocenters. The van der Waals surface area contributed by atoms with E-state index < -0.39 is 10.8 Å². The van der Waals surface area contributed by atoms with E-state index in [1.807, 2.05) is 0 Å². The number of halogens is 2. The number of hydrogen-bond donors (Lipinski definition) is 0. The van der Waals surface area contributed by atoms with Crippen LogP contribution in [0.1, 0.15) is 0 Å². The Morgan fingerprint density at radius 1 is 1.57 bits per heavy atom. The molecule has 0 saturated heterocycles. The molecule has 4 nitrogen and oxygen atoms in total. The molecule has 2 heterocycles. The summed E-state index contributed by atoms with van der Waals surface area (Å²) in [6, 6.07) is 1.22. The summed E-state index contributed by atoms with van der Waals surface area (Å²) in [5.41, 5.74) is 0.310. The summed E-state index contributed by atoms with van der Waals surface area (Å²) >= 11 is 3.78. The van der Waals surface area contributed by atoms with E-state index in [0.29, 0.717) is 21.7 Å². The molecule has 2 rings (SSSR count). The number of rotatable bonds is 1. The van der Waals surface area contributed by atoms with Crippen molar-refractivity contribution < 1.29 is 8.81 Å². The highest BCUT2D eigenvalue weighted by molar-refractivity contribution is 9.10. The molecule has 7 heteroatoms. The van der Waals surface area contributed by atoms with Gasteiger partial charge >= 0.3 is 4.94 Å². The largest absolute Gasteiger partial charge is 0.414 e. The highest BCUT2D eigenvalue weighted by Gasteiger charge is 2.11. The summed E-state index contributed by atoms with van der Waals surface area (Å²) in [5.74, 6) is -0.384. The van der Waals surface area contributed by atoms with Gasteiger partial charge in [-0.25, -0.2) is 14.2 Å². The van der Waals surface area contributed by atoms with E-state index >= 15 is 0 Å². The minimum Gasteiger partial charge on any atom is -0.392 e. The van der Waals surface area contributed by atoms with Crippen LogP contribution in [0, 0.1) is 5.82 Å². The Morgan fingerprint density at radius 2 is 2.36 bits per heavy atom. The van der Waals surface area contributed by atoms with Crippen LogP contribution < -0.4 is 4.94 Å². The van der Waals surface area contributed by atoms with Gasteiger partial charge in [-0.1, -0.05) is 0 Å². The van der Waals surface area contributed by atoms with E-state index in [2.05, 4.69) is 25.3 Å². The Bertz CT molecular complexity index is 524. The third-order valence-electron chi connectivity index (χ3n) is 1.39. The first-order valence-corrected chi connectivity index (χ1v) is 5.01. The van der Waals surface area contributed by atoms with Gasteiger partial charge in [-0.3, -0.25) is 0 Å². The lowest BCUT2D eigenvalue weighted by molar-refractivity contribution is 0.539. The summed E-state index contributed by atoms with van der Waals surface area (Å²) in [5, 5.41) is 0. The number of aromatic nitrogens is 2. The van der Waals surface area contributed by atoms with Gasteiger partial charge in [0.1, 0.15) is 11.5 Å². The Balaban J connectivity index is 2.57. The van der Waals surface area contributed by atoms with Crippen LogP contribution in [0.3, 0.4) is 0 Å². The van der Waals surface area contributed by atoms with Crippen LogP contribution in [-0.4, -0.2) is 9.36 Å².